The third kappa shape index (κ3) is 4.48. The van der Waals surface area contributed by atoms with Crippen molar-refractivity contribution in [3.8, 4) is 11.5 Å². The van der Waals surface area contributed by atoms with Crippen LogP contribution in [0.3, 0.4) is 0 Å². The molecule has 1 spiro atoms. The van der Waals surface area contributed by atoms with Crippen LogP contribution in [0.2, 0.25) is 0 Å². The third-order valence-corrected chi connectivity index (χ3v) is 6.43. The lowest BCUT2D eigenvalue weighted by Crippen LogP contribution is -2.54. The van der Waals surface area contributed by atoms with Crippen LogP contribution in [0.1, 0.15) is 52.0 Å². The normalized spacial score (nSPS) is 23.1. The van der Waals surface area contributed by atoms with E-state index >= 15 is 0 Å². The fourth-order valence-corrected chi connectivity index (χ4v) is 4.56. The Morgan fingerprint density at radius 2 is 2.03 bits per heavy atom. The van der Waals surface area contributed by atoms with E-state index in [9.17, 15) is 14.4 Å². The number of methoxy groups -OCH3 is 1. The molecule has 31 heavy (non-hydrogen) atoms. The first-order chi connectivity index (χ1) is 14.9. The number of hydrogen-bond donors (Lipinski definition) is 1. The maximum Gasteiger partial charge on any atom is 0.325 e. The molecule has 1 aromatic rings. The van der Waals surface area contributed by atoms with Crippen molar-refractivity contribution in [1.82, 2.24) is 15.1 Å². The Morgan fingerprint density at radius 3 is 2.68 bits per heavy atom. The van der Waals surface area contributed by atoms with E-state index in [1.165, 1.54) is 0 Å². The first-order valence-electron chi connectivity index (χ1n) is 11.1. The molecule has 1 saturated carbocycles. The zero-order valence-electron chi connectivity index (χ0n) is 18.9. The summed E-state index contributed by atoms with van der Waals surface area (Å²) in [6.07, 6.45) is 3.49. The van der Waals surface area contributed by atoms with E-state index in [4.69, 9.17) is 9.47 Å². The SMILES string of the molecule is CCOc1ccc(CN(CC)C(=O)CN2C(=O)N[C@@]3(CCCC[C@H]3C)C2=O)cc1OC. The summed E-state index contributed by atoms with van der Waals surface area (Å²) in [5.41, 5.74) is 0.0276. The number of hydrogen-bond acceptors (Lipinski definition) is 5. The molecule has 0 aromatic heterocycles. The minimum atomic E-state index is -0.852. The number of nitrogens with zero attached hydrogens (tertiary/aromatic N) is 2. The molecule has 1 heterocycles. The van der Waals surface area contributed by atoms with E-state index in [0.717, 1.165) is 29.7 Å². The fraction of sp³-hybridized carbons (Fsp3) is 0.609. The van der Waals surface area contributed by atoms with Crippen LogP contribution in [0.25, 0.3) is 0 Å². The van der Waals surface area contributed by atoms with Gasteiger partial charge in [0.1, 0.15) is 12.1 Å². The van der Waals surface area contributed by atoms with Crippen molar-refractivity contribution in [2.75, 3.05) is 26.8 Å². The summed E-state index contributed by atoms with van der Waals surface area (Å²) in [5.74, 6) is 0.784. The molecule has 8 nitrogen and oxygen atoms in total. The number of urea groups is 1. The average Bonchev–Trinajstić information content (AvgIpc) is 2.99. The number of benzene rings is 1. The van der Waals surface area contributed by atoms with Gasteiger partial charge >= 0.3 is 6.03 Å². The summed E-state index contributed by atoms with van der Waals surface area (Å²) in [4.78, 5) is 41.4. The molecule has 0 bridgehead atoms. The van der Waals surface area contributed by atoms with Crippen molar-refractivity contribution in [3.05, 3.63) is 23.8 Å². The lowest BCUT2D eigenvalue weighted by Gasteiger charge is -2.36. The zero-order chi connectivity index (χ0) is 22.6. The van der Waals surface area contributed by atoms with Crippen molar-refractivity contribution >= 4 is 17.8 Å². The Bertz CT molecular complexity index is 843. The quantitative estimate of drug-likeness (QED) is 0.640. The summed E-state index contributed by atoms with van der Waals surface area (Å²) in [6, 6.07) is 5.08. The number of rotatable bonds is 8. The molecule has 1 N–H and O–H groups in total. The lowest BCUT2D eigenvalue weighted by molar-refractivity contribution is -0.140. The summed E-state index contributed by atoms with van der Waals surface area (Å²) in [6.45, 7) is 6.87. The van der Waals surface area contributed by atoms with Crippen LogP contribution >= 0.6 is 0 Å². The number of imide groups is 1. The number of likely N-dealkylation sites (N-methyl/N-ethyl adjacent to an activating group) is 1. The van der Waals surface area contributed by atoms with E-state index < -0.39 is 11.6 Å². The average molecular weight is 432 g/mol. The minimum Gasteiger partial charge on any atom is -0.493 e. The molecule has 4 amide bonds. The minimum absolute atomic E-state index is 0.0661. The largest absolute Gasteiger partial charge is 0.493 e. The van der Waals surface area contributed by atoms with E-state index in [0.29, 0.717) is 37.6 Å². The molecule has 2 atom stereocenters. The smallest absolute Gasteiger partial charge is 0.325 e. The van der Waals surface area contributed by atoms with Gasteiger partial charge in [-0.1, -0.05) is 25.8 Å². The molecule has 8 heteroatoms. The molecular formula is C23H33N3O5. The summed E-state index contributed by atoms with van der Waals surface area (Å²) in [7, 11) is 1.57. The Balaban J connectivity index is 1.70. The van der Waals surface area contributed by atoms with Crippen molar-refractivity contribution in [1.29, 1.82) is 0 Å². The Kier molecular flexibility index (Phi) is 7.08. The van der Waals surface area contributed by atoms with Gasteiger partial charge in [-0.3, -0.25) is 14.5 Å². The summed E-state index contributed by atoms with van der Waals surface area (Å²) >= 11 is 0. The molecule has 0 unspecified atom stereocenters. The molecule has 1 aromatic carbocycles. The number of ether oxygens (including phenoxy) is 2. The second kappa shape index (κ2) is 9.58. The highest BCUT2D eigenvalue weighted by atomic mass is 16.5. The maximum atomic E-state index is 13.1. The molecule has 2 aliphatic rings. The van der Waals surface area contributed by atoms with E-state index in [2.05, 4.69) is 5.32 Å². The molecular weight excluding hydrogens is 398 g/mol. The predicted molar refractivity (Wildman–Crippen MR) is 116 cm³/mol. The number of nitrogens with one attached hydrogen (secondary N) is 1. The topological polar surface area (TPSA) is 88.2 Å². The van der Waals surface area contributed by atoms with E-state index in [1.54, 1.807) is 12.0 Å². The van der Waals surface area contributed by atoms with Crippen LogP contribution in [0.4, 0.5) is 4.79 Å². The van der Waals surface area contributed by atoms with Gasteiger partial charge in [-0.2, -0.15) is 0 Å². The standard InChI is InChI=1S/C23H33N3O5/c1-5-25(14-17-10-11-18(31-6-2)19(13-17)30-4)20(27)15-26-21(28)23(24-22(26)29)12-8-7-9-16(23)3/h10-11,13,16H,5-9,12,14-15H2,1-4H3,(H,24,29)/t16-,23-/m1/s1. The number of carbonyl (C=O) groups excluding carboxylic acids is 3. The number of carbonyl (C=O) groups is 3. The molecule has 170 valence electrons. The van der Waals surface area contributed by atoms with Crippen LogP contribution < -0.4 is 14.8 Å². The van der Waals surface area contributed by atoms with Gasteiger partial charge in [0.15, 0.2) is 11.5 Å². The zero-order valence-corrected chi connectivity index (χ0v) is 18.9. The highest BCUT2D eigenvalue weighted by molar-refractivity contribution is 6.09. The van der Waals surface area contributed by atoms with Gasteiger partial charge in [-0.25, -0.2) is 4.79 Å². The van der Waals surface area contributed by atoms with Crippen molar-refractivity contribution in [2.24, 2.45) is 5.92 Å². The van der Waals surface area contributed by atoms with E-state index in [1.807, 2.05) is 39.0 Å². The maximum absolute atomic E-state index is 13.1. The first-order valence-corrected chi connectivity index (χ1v) is 11.1. The van der Waals surface area contributed by atoms with Gasteiger partial charge in [0.2, 0.25) is 5.91 Å². The molecule has 2 fully saturated rings. The van der Waals surface area contributed by atoms with Crippen LogP contribution in [0.5, 0.6) is 11.5 Å². The van der Waals surface area contributed by atoms with Gasteiger partial charge < -0.3 is 19.7 Å². The predicted octanol–water partition coefficient (Wildman–Crippen LogP) is 2.94. The number of amides is 4. The summed E-state index contributed by atoms with van der Waals surface area (Å²) in [5, 5.41) is 2.90. The van der Waals surface area contributed by atoms with Crippen molar-refractivity contribution in [3.63, 3.8) is 0 Å². The Hall–Kier alpha value is -2.77. The molecule has 1 saturated heterocycles. The van der Waals surface area contributed by atoms with Crippen molar-refractivity contribution in [2.45, 2.75) is 58.5 Å². The lowest BCUT2D eigenvalue weighted by atomic mass is 9.73. The molecule has 0 radical (unpaired) electrons. The Labute approximate surface area is 183 Å². The highest BCUT2D eigenvalue weighted by Crippen LogP contribution is 2.38. The molecule has 3 rings (SSSR count). The Morgan fingerprint density at radius 1 is 1.26 bits per heavy atom. The van der Waals surface area contributed by atoms with Gasteiger partial charge in [0, 0.05) is 13.1 Å². The van der Waals surface area contributed by atoms with Crippen LogP contribution in [-0.4, -0.2) is 60.0 Å². The first kappa shape index (κ1) is 22.9. The second-order valence-electron chi connectivity index (χ2n) is 8.27. The van der Waals surface area contributed by atoms with Crippen LogP contribution in [0, 0.1) is 5.92 Å². The third-order valence-electron chi connectivity index (χ3n) is 6.43. The highest BCUT2D eigenvalue weighted by Gasteiger charge is 2.55. The van der Waals surface area contributed by atoms with Crippen molar-refractivity contribution < 1.29 is 23.9 Å². The van der Waals surface area contributed by atoms with E-state index in [-0.39, 0.29) is 24.3 Å². The van der Waals surface area contributed by atoms with Gasteiger partial charge in [-0.05, 0) is 50.3 Å². The van der Waals surface area contributed by atoms with Gasteiger partial charge in [-0.15, -0.1) is 0 Å². The summed E-state index contributed by atoms with van der Waals surface area (Å²) < 4.78 is 10.9. The molecule has 1 aliphatic carbocycles. The van der Waals surface area contributed by atoms with Crippen LogP contribution in [-0.2, 0) is 16.1 Å². The van der Waals surface area contributed by atoms with Gasteiger partial charge in [0.25, 0.3) is 5.91 Å². The monoisotopic (exact) mass is 431 g/mol. The molecule has 1 aliphatic heterocycles. The fourth-order valence-electron chi connectivity index (χ4n) is 4.56. The second-order valence-corrected chi connectivity index (χ2v) is 8.27. The van der Waals surface area contributed by atoms with Gasteiger partial charge in [0.05, 0.1) is 13.7 Å². The van der Waals surface area contributed by atoms with Crippen LogP contribution in [0.15, 0.2) is 18.2 Å².